The minimum absolute atomic E-state index is 0.0832. The highest BCUT2D eigenvalue weighted by atomic mass is 19.1. The molecule has 0 atom stereocenters. The number of pyridine rings is 1. The summed E-state index contributed by atoms with van der Waals surface area (Å²) in [6, 6.07) is 19.8. The van der Waals surface area contributed by atoms with Crippen molar-refractivity contribution in [3.63, 3.8) is 0 Å². The van der Waals surface area contributed by atoms with Crippen LogP contribution < -0.4 is 24.3 Å². The van der Waals surface area contributed by atoms with Gasteiger partial charge in [-0.1, -0.05) is 12.1 Å². The molecule has 1 N–H and O–H groups in total. The van der Waals surface area contributed by atoms with Crippen LogP contribution in [-0.4, -0.2) is 46.2 Å². The maximum absolute atomic E-state index is 14.4. The number of carbonyl (C=O) groups excluding carboxylic acids is 1. The molecule has 6 nitrogen and oxygen atoms in total. The number of nitrogens with zero attached hydrogens (tertiary/aromatic N) is 2. The molecule has 0 spiro atoms. The van der Waals surface area contributed by atoms with Crippen molar-refractivity contribution in [1.82, 2.24) is 0 Å². The Bertz CT molecular complexity index is 1370. The van der Waals surface area contributed by atoms with E-state index in [0.29, 0.717) is 54.5 Å². The highest BCUT2D eigenvalue weighted by molar-refractivity contribution is 6.15. The molecule has 0 aliphatic carbocycles. The van der Waals surface area contributed by atoms with Crippen LogP contribution >= 0.6 is 0 Å². The summed E-state index contributed by atoms with van der Waals surface area (Å²) in [6.07, 6.45) is 1.78. The summed E-state index contributed by atoms with van der Waals surface area (Å²) in [5, 5.41) is 0.906. The van der Waals surface area contributed by atoms with Crippen molar-refractivity contribution in [3.05, 3.63) is 89.9 Å². The number of anilines is 2. The quantitative estimate of drug-likeness (QED) is 0.390. The maximum Gasteiger partial charge on any atom is 0.213 e. The SMILES string of the molecule is COc1ccc(C(=O)c2c[nH+]c3ccc(OC)cc3c2N2CCN(c3ccccc3F)CC2)cc1. The van der Waals surface area contributed by atoms with Crippen LogP contribution in [-0.2, 0) is 0 Å². The second-order valence-corrected chi connectivity index (χ2v) is 8.45. The summed E-state index contributed by atoms with van der Waals surface area (Å²) < 4.78 is 25.1. The van der Waals surface area contributed by atoms with Gasteiger partial charge in [0.25, 0.3) is 0 Å². The molecular formula is C28H27FN3O3+. The van der Waals surface area contributed by atoms with E-state index in [1.165, 1.54) is 6.07 Å². The normalized spacial score (nSPS) is 13.7. The molecule has 1 aliphatic rings. The van der Waals surface area contributed by atoms with Crippen LogP contribution in [0.3, 0.4) is 0 Å². The summed E-state index contributed by atoms with van der Waals surface area (Å²) >= 11 is 0. The van der Waals surface area contributed by atoms with Gasteiger partial charge >= 0.3 is 0 Å². The predicted molar refractivity (Wildman–Crippen MR) is 134 cm³/mol. The lowest BCUT2D eigenvalue weighted by atomic mass is 9.99. The van der Waals surface area contributed by atoms with Gasteiger partial charge in [-0.25, -0.2) is 9.37 Å². The number of methoxy groups -OCH3 is 2. The molecule has 1 fully saturated rings. The molecule has 2 heterocycles. The lowest BCUT2D eigenvalue weighted by Crippen LogP contribution is -2.47. The van der Waals surface area contributed by atoms with Gasteiger partial charge in [-0.3, -0.25) is 4.79 Å². The van der Waals surface area contributed by atoms with E-state index < -0.39 is 0 Å². The highest BCUT2D eigenvalue weighted by Gasteiger charge is 2.28. The number of ether oxygens (including phenoxy) is 2. The molecule has 0 saturated carbocycles. The van der Waals surface area contributed by atoms with Crippen molar-refractivity contribution in [2.45, 2.75) is 0 Å². The maximum atomic E-state index is 14.4. The zero-order chi connectivity index (χ0) is 24.4. The third kappa shape index (κ3) is 4.37. The zero-order valence-corrected chi connectivity index (χ0v) is 19.8. The number of hydrogen-bond donors (Lipinski definition) is 0. The van der Waals surface area contributed by atoms with Crippen LogP contribution in [0.4, 0.5) is 15.8 Å². The van der Waals surface area contributed by atoms with Crippen LogP contribution in [0.15, 0.2) is 72.9 Å². The van der Waals surface area contributed by atoms with E-state index in [-0.39, 0.29) is 11.6 Å². The topological polar surface area (TPSA) is 56.2 Å². The fourth-order valence-corrected chi connectivity index (χ4v) is 4.63. The standard InChI is InChI=1S/C28H26FN3O3/c1-34-20-9-7-19(8-10-20)28(33)23-18-30-25-12-11-21(35-2)17-22(25)27(23)32-15-13-31(14-16-32)26-6-4-3-5-24(26)29/h3-12,17-18H,13-16H2,1-2H3/p+1. The minimum Gasteiger partial charge on any atom is -0.497 e. The molecule has 4 aromatic rings. The average molecular weight is 473 g/mol. The van der Waals surface area contributed by atoms with Crippen LogP contribution in [0.5, 0.6) is 11.5 Å². The Morgan fingerprint density at radius 1 is 0.857 bits per heavy atom. The van der Waals surface area contributed by atoms with E-state index in [4.69, 9.17) is 9.47 Å². The summed E-state index contributed by atoms with van der Waals surface area (Å²) in [4.78, 5) is 21.2. The molecule has 0 unspecified atom stereocenters. The average Bonchev–Trinajstić information content (AvgIpc) is 2.92. The van der Waals surface area contributed by atoms with E-state index >= 15 is 0 Å². The Morgan fingerprint density at radius 2 is 1.51 bits per heavy atom. The van der Waals surface area contributed by atoms with Gasteiger partial charge in [0.2, 0.25) is 11.3 Å². The van der Waals surface area contributed by atoms with Gasteiger partial charge in [0.15, 0.2) is 6.20 Å². The fourth-order valence-electron chi connectivity index (χ4n) is 4.63. The van der Waals surface area contributed by atoms with Crippen LogP contribution in [0.2, 0.25) is 0 Å². The summed E-state index contributed by atoms with van der Waals surface area (Å²) in [5.41, 5.74) is 3.52. The Labute approximate surface area is 203 Å². The van der Waals surface area contributed by atoms with E-state index in [1.54, 1.807) is 56.8 Å². The van der Waals surface area contributed by atoms with E-state index in [1.807, 2.05) is 24.3 Å². The second-order valence-electron chi connectivity index (χ2n) is 8.45. The molecule has 1 saturated heterocycles. The first kappa shape index (κ1) is 22.7. The van der Waals surface area contributed by atoms with Crippen molar-refractivity contribution >= 4 is 28.1 Å². The molecule has 35 heavy (non-hydrogen) atoms. The van der Waals surface area contributed by atoms with Gasteiger partial charge in [0.05, 0.1) is 31.0 Å². The number of fused-ring (bicyclic) bond motifs is 1. The number of halogens is 1. The first-order valence-corrected chi connectivity index (χ1v) is 11.5. The molecular weight excluding hydrogens is 445 g/mol. The van der Waals surface area contributed by atoms with Gasteiger partial charge in [-0.2, -0.15) is 0 Å². The van der Waals surface area contributed by atoms with Crippen molar-refractivity contribution in [1.29, 1.82) is 0 Å². The minimum atomic E-state index is -0.221. The Balaban J connectivity index is 1.54. The molecule has 178 valence electrons. The number of benzene rings is 3. The molecule has 0 bridgehead atoms. The number of ketones is 1. The fraction of sp³-hybridized carbons (Fsp3) is 0.214. The lowest BCUT2D eigenvalue weighted by molar-refractivity contribution is -0.344. The number of nitrogens with one attached hydrogen (secondary N) is 1. The molecule has 1 aliphatic heterocycles. The summed E-state index contributed by atoms with van der Waals surface area (Å²) in [7, 11) is 3.23. The van der Waals surface area contributed by atoms with Crippen LogP contribution in [0, 0.1) is 5.82 Å². The summed E-state index contributed by atoms with van der Waals surface area (Å²) in [5.74, 6) is 1.10. The number of piperazine rings is 1. The van der Waals surface area contributed by atoms with Crippen molar-refractivity contribution in [2.75, 3.05) is 50.2 Å². The van der Waals surface area contributed by atoms with Gasteiger partial charge in [-0.05, 0) is 48.5 Å². The van der Waals surface area contributed by atoms with Crippen molar-refractivity contribution in [3.8, 4) is 11.5 Å². The van der Waals surface area contributed by atoms with Crippen molar-refractivity contribution in [2.24, 2.45) is 0 Å². The van der Waals surface area contributed by atoms with Gasteiger partial charge in [-0.15, -0.1) is 0 Å². The summed E-state index contributed by atoms with van der Waals surface area (Å²) in [6.45, 7) is 2.57. The van der Waals surface area contributed by atoms with Crippen LogP contribution in [0.25, 0.3) is 10.9 Å². The van der Waals surface area contributed by atoms with Gasteiger partial charge in [0, 0.05) is 37.8 Å². The van der Waals surface area contributed by atoms with Gasteiger partial charge < -0.3 is 19.3 Å². The predicted octanol–water partition coefficient (Wildman–Crippen LogP) is 4.37. The van der Waals surface area contributed by atoms with Gasteiger partial charge in [0.1, 0.15) is 22.9 Å². The monoisotopic (exact) mass is 472 g/mol. The third-order valence-corrected chi connectivity index (χ3v) is 6.49. The smallest absolute Gasteiger partial charge is 0.213 e. The Hall–Kier alpha value is -4.13. The number of H-pyrrole nitrogens is 1. The number of aromatic nitrogens is 1. The highest BCUT2D eigenvalue weighted by Crippen LogP contribution is 2.34. The lowest BCUT2D eigenvalue weighted by Gasteiger charge is -2.38. The first-order valence-electron chi connectivity index (χ1n) is 11.5. The van der Waals surface area contributed by atoms with E-state index in [9.17, 15) is 9.18 Å². The Morgan fingerprint density at radius 3 is 2.20 bits per heavy atom. The number of rotatable bonds is 6. The molecule has 1 aromatic heterocycles. The van der Waals surface area contributed by atoms with E-state index in [0.717, 1.165) is 16.6 Å². The second kappa shape index (κ2) is 9.62. The number of para-hydroxylation sites is 1. The number of carbonyl (C=O) groups is 1. The number of aromatic amines is 1. The third-order valence-electron chi connectivity index (χ3n) is 6.49. The van der Waals surface area contributed by atoms with Crippen molar-refractivity contribution < 1.29 is 23.6 Å². The molecule has 5 rings (SSSR count). The molecule has 7 heteroatoms. The largest absolute Gasteiger partial charge is 0.497 e. The number of hydrogen-bond acceptors (Lipinski definition) is 5. The zero-order valence-electron chi connectivity index (χ0n) is 19.8. The van der Waals surface area contributed by atoms with E-state index in [2.05, 4.69) is 14.8 Å². The molecule has 3 aromatic carbocycles. The van der Waals surface area contributed by atoms with Crippen LogP contribution in [0.1, 0.15) is 15.9 Å². The molecule has 0 amide bonds. The first-order chi connectivity index (χ1) is 17.1. The Kier molecular flexibility index (Phi) is 6.23. The molecule has 0 radical (unpaired) electrons.